The summed E-state index contributed by atoms with van der Waals surface area (Å²) in [6.45, 7) is 3.50. The van der Waals surface area contributed by atoms with Gasteiger partial charge in [0.25, 0.3) is 5.91 Å². The van der Waals surface area contributed by atoms with Crippen LogP contribution >= 0.6 is 23.2 Å². The Morgan fingerprint density at radius 2 is 1.87 bits per heavy atom. The molecule has 0 bridgehead atoms. The number of carboxylic acids is 1. The van der Waals surface area contributed by atoms with Gasteiger partial charge in [-0.1, -0.05) is 43.0 Å². The summed E-state index contributed by atoms with van der Waals surface area (Å²) in [6.07, 6.45) is 1.66. The van der Waals surface area contributed by atoms with Gasteiger partial charge < -0.3 is 10.2 Å². The highest BCUT2D eigenvalue weighted by Crippen LogP contribution is 2.39. The third-order valence-electron chi connectivity index (χ3n) is 5.20. The van der Waals surface area contributed by atoms with Gasteiger partial charge in [0.05, 0.1) is 21.5 Å². The molecule has 0 aliphatic carbocycles. The van der Waals surface area contributed by atoms with E-state index in [0.717, 1.165) is 12.5 Å². The molecule has 3 rings (SSSR count). The molecule has 0 amide bonds. The first-order chi connectivity index (χ1) is 14.2. The second kappa shape index (κ2) is 8.66. The van der Waals surface area contributed by atoms with Gasteiger partial charge >= 0.3 is 5.97 Å². The fourth-order valence-corrected chi connectivity index (χ4v) is 4.02. The maximum absolute atomic E-state index is 15.0. The summed E-state index contributed by atoms with van der Waals surface area (Å²) in [4.78, 5) is 25.3. The average molecular weight is 452 g/mol. The molecule has 0 fully saturated rings. The average Bonchev–Trinajstić information content (AvgIpc) is 2.99. The van der Waals surface area contributed by atoms with Crippen LogP contribution in [0.25, 0.3) is 10.9 Å². The largest absolute Gasteiger partial charge is 0.505 e. The van der Waals surface area contributed by atoms with Gasteiger partial charge in [-0.15, -0.1) is 0 Å². The standard InChI is InChI=1S/C22H20Cl2FNO4/c1-3-4-5-13(22(29)30)18-11(2)26(16-8-9-17(27)20(25)19(16)18)21(28)12-6-7-14(23)15(24)10-12/h6-10,13,27H,3-5H2,1-2H3,(H,29,30). The number of benzene rings is 2. The number of phenols is 1. The van der Waals surface area contributed by atoms with E-state index in [1.807, 2.05) is 6.92 Å². The highest BCUT2D eigenvalue weighted by Gasteiger charge is 2.31. The molecule has 0 radical (unpaired) electrons. The summed E-state index contributed by atoms with van der Waals surface area (Å²) in [6, 6.07) is 6.91. The molecule has 1 atom stereocenters. The molecule has 5 nitrogen and oxygen atoms in total. The van der Waals surface area contributed by atoms with Crippen molar-refractivity contribution in [1.29, 1.82) is 0 Å². The molecule has 2 N–H and O–H groups in total. The lowest BCUT2D eigenvalue weighted by atomic mass is 9.91. The first-order valence-corrected chi connectivity index (χ1v) is 10.2. The summed E-state index contributed by atoms with van der Waals surface area (Å²) >= 11 is 12.0. The molecular weight excluding hydrogens is 432 g/mol. The van der Waals surface area contributed by atoms with Crippen molar-refractivity contribution in [3.05, 3.63) is 63.0 Å². The maximum atomic E-state index is 15.0. The summed E-state index contributed by atoms with van der Waals surface area (Å²) in [7, 11) is 0. The van der Waals surface area contributed by atoms with Gasteiger partial charge in [-0.3, -0.25) is 14.2 Å². The van der Waals surface area contributed by atoms with Gasteiger partial charge in [0.1, 0.15) is 0 Å². The Morgan fingerprint density at radius 3 is 2.47 bits per heavy atom. The van der Waals surface area contributed by atoms with Gasteiger partial charge in [-0.05, 0) is 49.2 Å². The molecule has 1 aromatic heterocycles. The van der Waals surface area contributed by atoms with E-state index in [2.05, 4.69) is 0 Å². The molecule has 0 spiro atoms. The van der Waals surface area contributed by atoms with Gasteiger partial charge in [0.2, 0.25) is 0 Å². The monoisotopic (exact) mass is 451 g/mol. The van der Waals surface area contributed by atoms with Gasteiger partial charge in [-0.2, -0.15) is 0 Å². The number of aromatic hydroxyl groups is 1. The zero-order valence-electron chi connectivity index (χ0n) is 16.4. The molecule has 1 heterocycles. The quantitative estimate of drug-likeness (QED) is 0.470. The topological polar surface area (TPSA) is 79.5 Å². The van der Waals surface area contributed by atoms with Crippen LogP contribution in [-0.2, 0) is 4.79 Å². The Kier molecular flexibility index (Phi) is 6.38. The first-order valence-electron chi connectivity index (χ1n) is 9.43. The number of halogens is 3. The Balaban J connectivity index is 2.32. The van der Waals surface area contributed by atoms with Crippen LogP contribution in [0.15, 0.2) is 30.3 Å². The van der Waals surface area contributed by atoms with Crippen LogP contribution in [0.1, 0.15) is 53.7 Å². The molecule has 0 saturated heterocycles. The van der Waals surface area contributed by atoms with Crippen LogP contribution in [0.5, 0.6) is 5.75 Å². The van der Waals surface area contributed by atoms with Crippen molar-refractivity contribution >= 4 is 46.0 Å². The van der Waals surface area contributed by atoms with Crippen LogP contribution in [-0.4, -0.2) is 26.7 Å². The molecule has 8 heteroatoms. The lowest BCUT2D eigenvalue weighted by Crippen LogP contribution is -2.16. The number of aromatic nitrogens is 1. The number of nitrogens with zero attached hydrogens (tertiary/aromatic N) is 1. The highest BCUT2D eigenvalue weighted by atomic mass is 35.5. The number of carbonyl (C=O) groups is 2. The minimum absolute atomic E-state index is 0.0654. The molecule has 30 heavy (non-hydrogen) atoms. The number of hydrogen-bond donors (Lipinski definition) is 2. The Bertz CT molecular complexity index is 1160. The third kappa shape index (κ3) is 3.77. The number of carbonyl (C=O) groups excluding carboxylic acids is 1. The lowest BCUT2D eigenvalue weighted by molar-refractivity contribution is -0.139. The summed E-state index contributed by atoms with van der Waals surface area (Å²) < 4.78 is 16.2. The number of phenolic OH excluding ortho intramolecular Hbond substituents is 1. The minimum atomic E-state index is -1.12. The Hall–Kier alpha value is -2.57. The van der Waals surface area contributed by atoms with E-state index in [0.29, 0.717) is 12.1 Å². The van der Waals surface area contributed by atoms with Crippen molar-refractivity contribution in [1.82, 2.24) is 4.57 Å². The summed E-state index contributed by atoms with van der Waals surface area (Å²) in [5.74, 6) is -4.20. The molecule has 2 aromatic carbocycles. The fourth-order valence-electron chi connectivity index (χ4n) is 3.73. The minimum Gasteiger partial charge on any atom is -0.505 e. The smallest absolute Gasteiger partial charge is 0.311 e. The third-order valence-corrected chi connectivity index (χ3v) is 5.94. The molecule has 0 aliphatic rings. The van der Waals surface area contributed by atoms with Gasteiger partial charge in [0, 0.05) is 16.6 Å². The van der Waals surface area contributed by atoms with Crippen molar-refractivity contribution in [2.24, 2.45) is 0 Å². The number of carboxylic acid groups (broad SMARTS) is 1. The zero-order valence-corrected chi connectivity index (χ0v) is 17.9. The number of unbranched alkanes of at least 4 members (excludes halogenated alkanes) is 1. The first kappa shape index (κ1) is 22.1. The van der Waals surface area contributed by atoms with E-state index in [9.17, 15) is 24.2 Å². The SMILES string of the molecule is CCCCC(C(=O)O)c1c(C)n(C(=O)c2ccc(Cl)c(Cl)c2)c2ccc(O)c(F)c12. The lowest BCUT2D eigenvalue weighted by Gasteiger charge is -2.14. The maximum Gasteiger partial charge on any atom is 0.311 e. The second-order valence-electron chi connectivity index (χ2n) is 7.09. The molecule has 3 aromatic rings. The number of hydrogen-bond acceptors (Lipinski definition) is 3. The van der Waals surface area contributed by atoms with E-state index >= 15 is 0 Å². The molecule has 158 valence electrons. The van der Waals surface area contributed by atoms with Crippen LogP contribution in [0.3, 0.4) is 0 Å². The van der Waals surface area contributed by atoms with Crippen molar-refractivity contribution in [2.45, 2.75) is 39.0 Å². The predicted molar refractivity (Wildman–Crippen MR) is 114 cm³/mol. The number of rotatable bonds is 6. The van der Waals surface area contributed by atoms with E-state index in [-0.39, 0.29) is 38.5 Å². The normalized spacial score (nSPS) is 12.3. The molecule has 0 saturated carbocycles. The van der Waals surface area contributed by atoms with E-state index in [1.54, 1.807) is 6.92 Å². The van der Waals surface area contributed by atoms with E-state index in [1.165, 1.54) is 28.8 Å². The van der Waals surface area contributed by atoms with Crippen LogP contribution in [0, 0.1) is 12.7 Å². The summed E-state index contributed by atoms with van der Waals surface area (Å²) in [5, 5.41) is 20.1. The summed E-state index contributed by atoms with van der Waals surface area (Å²) in [5.41, 5.74) is 0.878. The second-order valence-corrected chi connectivity index (χ2v) is 7.91. The van der Waals surface area contributed by atoms with Crippen LogP contribution in [0.4, 0.5) is 4.39 Å². The number of aliphatic carboxylic acids is 1. The van der Waals surface area contributed by atoms with Crippen molar-refractivity contribution < 1.29 is 24.2 Å². The van der Waals surface area contributed by atoms with Crippen molar-refractivity contribution in [3.63, 3.8) is 0 Å². The molecule has 0 aliphatic heterocycles. The molecular formula is C22H20Cl2FNO4. The van der Waals surface area contributed by atoms with Crippen molar-refractivity contribution in [2.75, 3.05) is 0 Å². The number of fused-ring (bicyclic) bond motifs is 1. The van der Waals surface area contributed by atoms with Crippen LogP contribution < -0.4 is 0 Å². The zero-order chi connectivity index (χ0) is 22.2. The van der Waals surface area contributed by atoms with E-state index in [4.69, 9.17) is 23.2 Å². The fraction of sp³-hybridized carbons (Fsp3) is 0.273. The van der Waals surface area contributed by atoms with Gasteiger partial charge in [0.15, 0.2) is 11.6 Å². The highest BCUT2D eigenvalue weighted by molar-refractivity contribution is 6.42. The Labute approximate surface area is 182 Å². The molecule has 1 unspecified atom stereocenters. The Morgan fingerprint density at radius 1 is 1.17 bits per heavy atom. The van der Waals surface area contributed by atoms with Gasteiger partial charge in [-0.25, -0.2) is 4.39 Å². The predicted octanol–water partition coefficient (Wildman–Crippen LogP) is 6.15. The van der Waals surface area contributed by atoms with Crippen molar-refractivity contribution in [3.8, 4) is 5.75 Å². The van der Waals surface area contributed by atoms with E-state index < -0.39 is 29.4 Å². The van der Waals surface area contributed by atoms with Crippen LogP contribution in [0.2, 0.25) is 10.0 Å².